The topological polar surface area (TPSA) is 58.6 Å². The fraction of sp³-hybridized carbons (Fsp3) is 0.692. The molecule has 2 amide bonds. The lowest BCUT2D eigenvalue weighted by Gasteiger charge is -2.39. The Hall–Kier alpha value is -2.04. The fourth-order valence-electron chi connectivity index (χ4n) is 6.24. The third-order valence-electron chi connectivity index (χ3n) is 8.87. The van der Waals surface area contributed by atoms with Crippen LogP contribution in [0.4, 0.5) is 10.5 Å². The van der Waals surface area contributed by atoms with E-state index in [1.807, 2.05) is 31.2 Å². The Morgan fingerprint density at radius 2 is 1.74 bits per heavy atom. The van der Waals surface area contributed by atoms with E-state index in [1.165, 1.54) is 12.8 Å². The highest BCUT2D eigenvalue weighted by molar-refractivity contribution is 5.91. The molecule has 1 aromatic rings. The molecule has 3 saturated carbocycles. The van der Waals surface area contributed by atoms with E-state index < -0.39 is 0 Å². The first kappa shape index (κ1) is 22.2. The number of ether oxygens (including phenoxy) is 1. The van der Waals surface area contributed by atoms with Crippen molar-refractivity contribution in [2.45, 2.75) is 91.2 Å². The molecule has 1 N–H and O–H groups in total. The van der Waals surface area contributed by atoms with Gasteiger partial charge >= 0.3 is 12.0 Å². The van der Waals surface area contributed by atoms with Gasteiger partial charge in [0.25, 0.3) is 0 Å². The predicted molar refractivity (Wildman–Crippen MR) is 123 cm³/mol. The van der Waals surface area contributed by atoms with Gasteiger partial charge < -0.3 is 15.0 Å². The number of anilines is 1. The van der Waals surface area contributed by atoms with Gasteiger partial charge in [-0.15, -0.1) is 0 Å². The first-order chi connectivity index (χ1) is 14.7. The van der Waals surface area contributed by atoms with Crippen molar-refractivity contribution >= 4 is 17.7 Å². The molecule has 2 bridgehead atoms. The Morgan fingerprint density at radius 1 is 1.06 bits per heavy atom. The minimum atomic E-state index is -0.265. The molecule has 3 aliphatic rings. The van der Waals surface area contributed by atoms with E-state index in [-0.39, 0.29) is 41.5 Å². The van der Waals surface area contributed by atoms with Crippen molar-refractivity contribution in [3.05, 3.63) is 29.8 Å². The fourth-order valence-corrected chi connectivity index (χ4v) is 6.24. The van der Waals surface area contributed by atoms with E-state index in [0.29, 0.717) is 5.92 Å². The molecular weight excluding hydrogens is 388 g/mol. The van der Waals surface area contributed by atoms with Gasteiger partial charge in [-0.3, -0.25) is 4.79 Å². The Labute approximate surface area is 186 Å². The van der Waals surface area contributed by atoms with E-state index in [0.717, 1.165) is 49.8 Å². The maximum Gasteiger partial charge on any atom is 0.326 e. The zero-order chi connectivity index (χ0) is 22.2. The number of hydrogen-bond acceptors (Lipinski definition) is 3. The minimum absolute atomic E-state index is 0.0278. The van der Waals surface area contributed by atoms with Crippen LogP contribution in [0, 0.1) is 23.7 Å². The molecule has 5 nitrogen and oxygen atoms in total. The number of nitrogens with one attached hydrogen (secondary N) is 1. The molecule has 0 radical (unpaired) electrons. The summed E-state index contributed by atoms with van der Waals surface area (Å²) >= 11 is 0. The highest BCUT2D eigenvalue weighted by atomic mass is 16.5. The smallest absolute Gasteiger partial charge is 0.326 e. The summed E-state index contributed by atoms with van der Waals surface area (Å²) in [5, 5.41) is 2.99. The molecule has 0 aromatic heterocycles. The number of nitrogens with zero attached hydrogens (tertiary/aromatic N) is 1. The number of aryl methyl sites for hydroxylation is 1. The van der Waals surface area contributed by atoms with Crippen molar-refractivity contribution in [3.8, 4) is 0 Å². The summed E-state index contributed by atoms with van der Waals surface area (Å²) in [6.07, 6.45) is 8.56. The van der Waals surface area contributed by atoms with Crippen LogP contribution in [0.5, 0.6) is 0 Å². The quantitative estimate of drug-likeness (QED) is 0.595. The molecule has 0 heterocycles. The van der Waals surface area contributed by atoms with Gasteiger partial charge in [0.05, 0.1) is 0 Å². The largest absolute Gasteiger partial charge is 0.460 e. The first-order valence-corrected chi connectivity index (χ1v) is 12.0. The Balaban J connectivity index is 1.44. The van der Waals surface area contributed by atoms with Gasteiger partial charge in [-0.05, 0) is 62.5 Å². The number of benzene rings is 1. The zero-order valence-corrected chi connectivity index (χ0v) is 19.6. The molecule has 5 heteroatoms. The van der Waals surface area contributed by atoms with E-state index in [2.05, 4.69) is 26.1 Å². The highest BCUT2D eigenvalue weighted by Gasteiger charge is 2.62. The summed E-state index contributed by atoms with van der Waals surface area (Å²) in [5.74, 6) is 0.355. The van der Waals surface area contributed by atoms with E-state index in [9.17, 15) is 9.59 Å². The summed E-state index contributed by atoms with van der Waals surface area (Å²) in [6.45, 7) is 8.97. The lowest BCUT2D eigenvalue weighted by atomic mass is 9.70. The van der Waals surface area contributed by atoms with Crippen LogP contribution in [0.2, 0.25) is 0 Å². The van der Waals surface area contributed by atoms with Crippen LogP contribution in [0.1, 0.15) is 77.7 Å². The van der Waals surface area contributed by atoms with Crippen molar-refractivity contribution in [1.29, 1.82) is 0 Å². The van der Waals surface area contributed by atoms with Crippen LogP contribution in [-0.4, -0.2) is 35.6 Å². The number of amides is 2. The third-order valence-corrected chi connectivity index (χ3v) is 8.87. The number of carbonyl (C=O) groups excluding carboxylic acids is 2. The molecule has 4 rings (SSSR count). The third kappa shape index (κ3) is 4.20. The average Bonchev–Trinajstić information content (AvgIpc) is 3.08. The zero-order valence-electron chi connectivity index (χ0n) is 19.6. The summed E-state index contributed by atoms with van der Waals surface area (Å²) in [5.41, 5.74) is 2.14. The molecule has 1 aromatic carbocycles. The van der Waals surface area contributed by atoms with E-state index in [4.69, 9.17) is 4.74 Å². The second kappa shape index (κ2) is 8.48. The van der Waals surface area contributed by atoms with Gasteiger partial charge in [0.2, 0.25) is 0 Å². The van der Waals surface area contributed by atoms with Gasteiger partial charge in [-0.2, -0.15) is 0 Å². The van der Waals surface area contributed by atoms with Crippen LogP contribution in [0.15, 0.2) is 24.3 Å². The van der Waals surface area contributed by atoms with Crippen LogP contribution >= 0.6 is 0 Å². The number of hydrogen-bond donors (Lipinski definition) is 1. The molecule has 3 fully saturated rings. The van der Waals surface area contributed by atoms with Crippen molar-refractivity contribution in [1.82, 2.24) is 4.90 Å². The number of urea groups is 1. The predicted octanol–water partition coefficient (Wildman–Crippen LogP) is 5.92. The molecular formula is C26H38N2O3. The van der Waals surface area contributed by atoms with Crippen molar-refractivity contribution in [2.75, 3.05) is 11.9 Å². The van der Waals surface area contributed by atoms with E-state index in [1.54, 1.807) is 4.90 Å². The van der Waals surface area contributed by atoms with Crippen LogP contribution in [-0.2, 0) is 9.53 Å². The minimum Gasteiger partial charge on any atom is -0.460 e. The van der Waals surface area contributed by atoms with Crippen LogP contribution in [0.3, 0.4) is 0 Å². The number of esters is 1. The van der Waals surface area contributed by atoms with Crippen molar-refractivity contribution in [3.63, 3.8) is 0 Å². The summed E-state index contributed by atoms with van der Waals surface area (Å²) in [7, 11) is 0. The van der Waals surface area contributed by atoms with Gasteiger partial charge in [0.15, 0.2) is 0 Å². The monoisotopic (exact) mass is 426 g/mol. The summed E-state index contributed by atoms with van der Waals surface area (Å²) in [6, 6.07) is 7.66. The van der Waals surface area contributed by atoms with Gasteiger partial charge in [0, 0.05) is 17.1 Å². The van der Waals surface area contributed by atoms with E-state index >= 15 is 0 Å². The lowest BCUT2D eigenvalue weighted by molar-refractivity contribution is -0.158. The molecule has 170 valence electrons. The second-order valence-corrected chi connectivity index (χ2v) is 10.8. The maximum atomic E-state index is 13.2. The van der Waals surface area contributed by atoms with Gasteiger partial charge in [-0.1, -0.05) is 57.7 Å². The SMILES string of the molecule is Cc1ccc(NC(=O)N(CC(=O)O[C@H]2C[C@H]3CC[C@]2(C)C3(C)C)C2CCCCC2)cc1. The molecule has 0 saturated heterocycles. The summed E-state index contributed by atoms with van der Waals surface area (Å²) in [4.78, 5) is 27.9. The number of carbonyl (C=O) groups is 2. The first-order valence-electron chi connectivity index (χ1n) is 12.0. The average molecular weight is 427 g/mol. The Morgan fingerprint density at radius 3 is 2.32 bits per heavy atom. The lowest BCUT2D eigenvalue weighted by Crippen LogP contribution is -2.48. The Kier molecular flexibility index (Phi) is 6.06. The van der Waals surface area contributed by atoms with Crippen molar-refractivity contribution < 1.29 is 14.3 Å². The molecule has 31 heavy (non-hydrogen) atoms. The molecule has 3 aliphatic carbocycles. The number of rotatable bonds is 5. The standard InChI is InChI=1S/C26H38N2O3/c1-18-10-12-20(13-11-18)27-24(30)28(21-8-6-5-7-9-21)17-23(29)31-22-16-19-14-15-26(22,4)25(19,2)3/h10-13,19,21-22H,5-9,14-17H2,1-4H3,(H,27,30)/t19-,22+,26+/m1/s1. The number of fused-ring (bicyclic) bond motifs is 2. The van der Waals surface area contributed by atoms with Crippen LogP contribution in [0.25, 0.3) is 0 Å². The van der Waals surface area contributed by atoms with Crippen molar-refractivity contribution in [2.24, 2.45) is 16.7 Å². The summed E-state index contributed by atoms with van der Waals surface area (Å²) < 4.78 is 6.06. The second-order valence-electron chi connectivity index (χ2n) is 10.8. The highest BCUT2D eigenvalue weighted by Crippen LogP contribution is 2.66. The molecule has 0 aliphatic heterocycles. The molecule has 0 spiro atoms. The van der Waals surface area contributed by atoms with Gasteiger partial charge in [0.1, 0.15) is 12.6 Å². The van der Waals surface area contributed by atoms with Gasteiger partial charge in [-0.25, -0.2) is 4.79 Å². The molecule has 3 atom stereocenters. The maximum absolute atomic E-state index is 13.2. The normalized spacial score (nSPS) is 29.5. The van der Waals surface area contributed by atoms with Crippen LogP contribution < -0.4 is 5.32 Å². The Bertz CT molecular complexity index is 812. The molecule has 0 unspecified atom stereocenters.